The molecule has 2 aliphatic rings. The Balaban J connectivity index is 1.60. The highest BCUT2D eigenvalue weighted by atomic mass is 16.6. The molecule has 0 amide bonds. The lowest BCUT2D eigenvalue weighted by Gasteiger charge is -2.41. The van der Waals surface area contributed by atoms with Crippen LogP contribution in [0.5, 0.6) is 0 Å². The van der Waals surface area contributed by atoms with Crippen molar-refractivity contribution in [3.05, 3.63) is 84.1 Å². The van der Waals surface area contributed by atoms with Crippen molar-refractivity contribution in [3.63, 3.8) is 0 Å². The van der Waals surface area contributed by atoms with Crippen molar-refractivity contribution in [2.24, 2.45) is 35.5 Å². The number of hydrogen-bond donors (Lipinski definition) is 0. The van der Waals surface area contributed by atoms with Gasteiger partial charge in [0.1, 0.15) is 0 Å². The van der Waals surface area contributed by atoms with Crippen molar-refractivity contribution in [3.8, 4) is 0 Å². The second kappa shape index (κ2) is 13.2. The van der Waals surface area contributed by atoms with Crippen molar-refractivity contribution in [2.75, 3.05) is 0 Å². The Morgan fingerprint density at radius 3 is 1.69 bits per heavy atom. The molecule has 2 aliphatic carbocycles. The molecule has 0 aliphatic heterocycles. The van der Waals surface area contributed by atoms with E-state index in [2.05, 4.69) is 58.5 Å². The first-order valence-electron chi connectivity index (χ1n) is 15.4. The van der Waals surface area contributed by atoms with Gasteiger partial charge in [-0.15, -0.1) is 0 Å². The van der Waals surface area contributed by atoms with Crippen LogP contribution in [-0.2, 0) is 19.9 Å². The van der Waals surface area contributed by atoms with E-state index in [1.807, 2.05) is 43.3 Å². The van der Waals surface area contributed by atoms with E-state index in [1.54, 1.807) is 0 Å². The van der Waals surface area contributed by atoms with Crippen LogP contribution in [0.15, 0.2) is 73.0 Å². The standard InChI is InChI=1S/C36H50O3/c1-25(2)28-17-21-30(22-18-28)27(5)38-34(31-13-9-7-10-14-31)36(6,33-15-11-8-12-16-33)39-35(37)32-23-19-29(20-24-32)26(3)4/h7-16,25-26,28-30,32,34H,5,17-24H2,1-4,6H3/t28?,29?,30?,32?,34-,36-/m1/s1. The van der Waals surface area contributed by atoms with Crippen LogP contribution in [0.2, 0.25) is 0 Å². The van der Waals surface area contributed by atoms with Gasteiger partial charge in [-0.3, -0.25) is 4.79 Å². The molecule has 0 aromatic heterocycles. The largest absolute Gasteiger partial charge is 0.486 e. The van der Waals surface area contributed by atoms with Crippen LogP contribution in [0.25, 0.3) is 0 Å². The molecule has 3 heteroatoms. The van der Waals surface area contributed by atoms with Gasteiger partial charge in [0.15, 0.2) is 11.7 Å². The first-order chi connectivity index (χ1) is 18.7. The summed E-state index contributed by atoms with van der Waals surface area (Å²) in [6, 6.07) is 20.4. The van der Waals surface area contributed by atoms with Crippen molar-refractivity contribution in [2.45, 2.75) is 97.7 Å². The molecule has 0 N–H and O–H groups in total. The molecule has 0 unspecified atom stereocenters. The SMILES string of the molecule is C=C(O[C@H](c1ccccc1)[C@](C)(OC(=O)C1CCC(C(C)C)CC1)c1ccccc1)C1CCC(C(C)C)CC1. The first kappa shape index (κ1) is 29.4. The van der Waals surface area contributed by atoms with Gasteiger partial charge in [-0.25, -0.2) is 0 Å². The summed E-state index contributed by atoms with van der Waals surface area (Å²) in [4.78, 5) is 13.8. The smallest absolute Gasteiger partial charge is 0.309 e. The Hall–Kier alpha value is -2.55. The van der Waals surface area contributed by atoms with Crippen LogP contribution < -0.4 is 0 Å². The second-order valence-electron chi connectivity index (χ2n) is 13.0. The van der Waals surface area contributed by atoms with Gasteiger partial charge in [0.2, 0.25) is 0 Å². The average Bonchev–Trinajstić information content (AvgIpc) is 2.96. The maximum atomic E-state index is 13.8. The fourth-order valence-corrected chi connectivity index (χ4v) is 6.83. The Kier molecular flexibility index (Phi) is 9.96. The molecule has 3 nitrogen and oxygen atoms in total. The van der Waals surface area contributed by atoms with Crippen molar-refractivity contribution < 1.29 is 14.3 Å². The minimum atomic E-state index is -0.993. The molecule has 0 heterocycles. The lowest BCUT2D eigenvalue weighted by Crippen LogP contribution is -2.40. The molecule has 4 rings (SSSR count). The van der Waals surface area contributed by atoms with Gasteiger partial charge in [-0.1, -0.05) is 94.9 Å². The summed E-state index contributed by atoms with van der Waals surface area (Å²) < 4.78 is 13.5. The van der Waals surface area contributed by atoms with Crippen molar-refractivity contribution in [1.29, 1.82) is 0 Å². The van der Waals surface area contributed by atoms with E-state index in [0.29, 0.717) is 23.7 Å². The molecule has 212 valence electrons. The number of esters is 1. The fourth-order valence-electron chi connectivity index (χ4n) is 6.83. The summed E-state index contributed by atoms with van der Waals surface area (Å²) in [6.45, 7) is 15.7. The van der Waals surface area contributed by atoms with Gasteiger partial charge in [0, 0.05) is 5.92 Å². The monoisotopic (exact) mass is 530 g/mol. The van der Waals surface area contributed by atoms with Crippen LogP contribution in [0.4, 0.5) is 0 Å². The summed E-state index contributed by atoms with van der Waals surface area (Å²) in [5.41, 5.74) is 0.948. The van der Waals surface area contributed by atoms with Crippen LogP contribution in [0, 0.1) is 35.5 Å². The van der Waals surface area contributed by atoms with Crippen LogP contribution in [0.1, 0.15) is 103 Å². The highest BCUT2D eigenvalue weighted by molar-refractivity contribution is 5.73. The van der Waals surface area contributed by atoms with Crippen LogP contribution in [-0.4, -0.2) is 5.97 Å². The number of ether oxygens (including phenoxy) is 2. The van der Waals surface area contributed by atoms with Gasteiger partial charge < -0.3 is 9.47 Å². The van der Waals surface area contributed by atoms with Gasteiger partial charge in [0.25, 0.3) is 0 Å². The third-order valence-electron chi connectivity index (χ3n) is 9.75. The third-order valence-corrected chi connectivity index (χ3v) is 9.75. The minimum absolute atomic E-state index is 0.0611. The number of carbonyl (C=O) groups excluding carboxylic acids is 1. The lowest BCUT2D eigenvalue weighted by atomic mass is 9.76. The Morgan fingerprint density at radius 2 is 1.21 bits per heavy atom. The number of carbonyl (C=O) groups is 1. The Morgan fingerprint density at radius 1 is 0.744 bits per heavy atom. The van der Waals surface area contributed by atoms with Crippen LogP contribution >= 0.6 is 0 Å². The van der Waals surface area contributed by atoms with E-state index >= 15 is 0 Å². The summed E-state index contributed by atoms with van der Waals surface area (Å²) in [5, 5.41) is 0. The molecule has 39 heavy (non-hydrogen) atoms. The molecule has 2 fully saturated rings. The zero-order valence-corrected chi connectivity index (χ0v) is 24.9. The minimum Gasteiger partial charge on any atom is -0.486 e. The number of hydrogen-bond acceptors (Lipinski definition) is 3. The van der Waals surface area contributed by atoms with E-state index < -0.39 is 11.7 Å². The van der Waals surface area contributed by atoms with E-state index in [9.17, 15) is 4.79 Å². The molecule has 2 aromatic carbocycles. The van der Waals surface area contributed by atoms with Crippen molar-refractivity contribution >= 4 is 5.97 Å². The maximum Gasteiger partial charge on any atom is 0.309 e. The quantitative estimate of drug-likeness (QED) is 0.227. The summed E-state index contributed by atoms with van der Waals surface area (Å²) in [7, 11) is 0. The number of allylic oxidation sites excluding steroid dienone is 1. The first-order valence-corrected chi connectivity index (χ1v) is 15.4. The van der Waals surface area contributed by atoms with Gasteiger partial charge in [-0.05, 0) is 93.1 Å². The lowest BCUT2D eigenvalue weighted by molar-refractivity contribution is -0.183. The number of rotatable bonds is 10. The normalized spacial score (nSPS) is 26.0. The fraction of sp³-hybridized carbons (Fsp3) is 0.583. The molecular formula is C36H50O3. The van der Waals surface area contributed by atoms with E-state index in [4.69, 9.17) is 9.47 Å². The van der Waals surface area contributed by atoms with Gasteiger partial charge >= 0.3 is 5.97 Å². The van der Waals surface area contributed by atoms with Crippen LogP contribution in [0.3, 0.4) is 0 Å². The molecule has 2 atom stereocenters. The van der Waals surface area contributed by atoms with E-state index in [0.717, 1.165) is 61.3 Å². The predicted molar refractivity (Wildman–Crippen MR) is 160 cm³/mol. The molecular weight excluding hydrogens is 480 g/mol. The highest BCUT2D eigenvalue weighted by Gasteiger charge is 2.45. The molecule has 0 saturated heterocycles. The summed E-state index contributed by atoms with van der Waals surface area (Å²) >= 11 is 0. The molecule has 0 radical (unpaired) electrons. The topological polar surface area (TPSA) is 35.5 Å². The van der Waals surface area contributed by atoms with Crippen molar-refractivity contribution in [1.82, 2.24) is 0 Å². The highest BCUT2D eigenvalue weighted by Crippen LogP contribution is 2.46. The average molecular weight is 531 g/mol. The third kappa shape index (κ3) is 7.16. The Labute approximate surface area is 237 Å². The summed E-state index contributed by atoms with van der Waals surface area (Å²) in [6.07, 6.45) is 8.11. The molecule has 2 saturated carbocycles. The second-order valence-corrected chi connectivity index (χ2v) is 13.0. The zero-order chi connectivity index (χ0) is 28.0. The van der Waals surface area contributed by atoms with Gasteiger partial charge in [-0.2, -0.15) is 0 Å². The van der Waals surface area contributed by atoms with Gasteiger partial charge in [0.05, 0.1) is 11.7 Å². The molecule has 2 aromatic rings. The maximum absolute atomic E-state index is 13.8. The summed E-state index contributed by atoms with van der Waals surface area (Å²) in [5.74, 6) is 3.84. The van der Waals surface area contributed by atoms with E-state index in [1.165, 1.54) is 12.8 Å². The zero-order valence-electron chi connectivity index (χ0n) is 24.9. The van der Waals surface area contributed by atoms with E-state index in [-0.39, 0.29) is 11.9 Å². The Bertz CT molecular complexity index is 1040. The predicted octanol–water partition coefficient (Wildman–Crippen LogP) is 9.64. The molecule has 0 bridgehead atoms. The number of benzene rings is 2. The molecule has 0 spiro atoms.